The van der Waals surface area contributed by atoms with Crippen molar-refractivity contribution in [3.8, 4) is 0 Å². The van der Waals surface area contributed by atoms with E-state index in [1.54, 1.807) is 0 Å². The van der Waals surface area contributed by atoms with Crippen LogP contribution in [0.2, 0.25) is 0 Å². The third kappa shape index (κ3) is 14.6. The first-order valence-corrected chi connectivity index (χ1v) is 14.8. The van der Waals surface area contributed by atoms with E-state index < -0.39 is 0 Å². The SMILES string of the molecule is C.CC.CC.CC.CC.Cc1ccccc1CNc1noc(C)c1C.Cc1ccccc1CNc1onc(C)c1C. The predicted molar refractivity (Wildman–Crippen MR) is 181 cm³/mol. The van der Waals surface area contributed by atoms with E-state index >= 15 is 0 Å². The van der Waals surface area contributed by atoms with Gasteiger partial charge in [0, 0.05) is 24.2 Å². The van der Waals surface area contributed by atoms with E-state index in [4.69, 9.17) is 9.05 Å². The summed E-state index contributed by atoms with van der Waals surface area (Å²) < 4.78 is 10.3. The number of hydrogen-bond acceptors (Lipinski definition) is 6. The molecule has 0 aliphatic rings. The van der Waals surface area contributed by atoms with Gasteiger partial charge < -0.3 is 19.7 Å². The van der Waals surface area contributed by atoms with Crippen LogP contribution in [0.4, 0.5) is 11.7 Å². The summed E-state index contributed by atoms with van der Waals surface area (Å²) in [4.78, 5) is 0. The van der Waals surface area contributed by atoms with Gasteiger partial charge in [-0.05, 0) is 63.8 Å². The van der Waals surface area contributed by atoms with Crippen molar-refractivity contribution in [2.45, 2.75) is 117 Å². The predicted octanol–water partition coefficient (Wildman–Crippen LogP) is 11.2. The largest absolute Gasteiger partial charge is 0.363 e. The van der Waals surface area contributed by atoms with Crippen LogP contribution in [-0.2, 0) is 13.1 Å². The Morgan fingerprint density at radius 1 is 0.561 bits per heavy atom. The number of hydrogen-bond donors (Lipinski definition) is 2. The van der Waals surface area contributed by atoms with E-state index in [0.717, 1.165) is 47.4 Å². The minimum atomic E-state index is 0. The van der Waals surface area contributed by atoms with Gasteiger partial charge in [0.15, 0.2) is 5.82 Å². The van der Waals surface area contributed by atoms with Gasteiger partial charge in [0.05, 0.1) is 5.69 Å². The number of nitrogens with one attached hydrogen (secondary N) is 2. The van der Waals surface area contributed by atoms with Gasteiger partial charge in [0.2, 0.25) is 5.88 Å². The van der Waals surface area contributed by atoms with Crippen molar-refractivity contribution >= 4 is 11.7 Å². The second-order valence-corrected chi connectivity index (χ2v) is 7.99. The lowest BCUT2D eigenvalue weighted by Crippen LogP contribution is -2.02. The van der Waals surface area contributed by atoms with Gasteiger partial charge in [-0.3, -0.25) is 0 Å². The van der Waals surface area contributed by atoms with Crippen LogP contribution >= 0.6 is 0 Å². The number of nitrogens with zero attached hydrogens (tertiary/aromatic N) is 2. The first kappa shape index (κ1) is 41.9. The van der Waals surface area contributed by atoms with Crippen LogP contribution in [0, 0.1) is 41.5 Å². The molecule has 0 saturated heterocycles. The number of anilines is 2. The lowest BCUT2D eigenvalue weighted by Gasteiger charge is -2.06. The molecule has 0 unspecified atom stereocenters. The summed E-state index contributed by atoms with van der Waals surface area (Å²) in [6.45, 7) is 29.6. The molecule has 0 fully saturated rings. The number of benzene rings is 2. The first-order valence-electron chi connectivity index (χ1n) is 14.8. The van der Waals surface area contributed by atoms with E-state index in [1.165, 1.54) is 22.3 Å². The molecule has 0 saturated carbocycles. The van der Waals surface area contributed by atoms with Crippen LogP contribution in [0.15, 0.2) is 57.6 Å². The molecule has 0 amide bonds. The molecule has 0 aliphatic carbocycles. The second-order valence-electron chi connectivity index (χ2n) is 7.99. The number of aryl methyl sites for hydroxylation is 4. The fourth-order valence-electron chi connectivity index (χ4n) is 3.13. The molecule has 4 aromatic rings. The molecule has 0 bridgehead atoms. The average Bonchev–Trinajstić information content (AvgIpc) is 3.51. The third-order valence-corrected chi connectivity index (χ3v) is 5.72. The summed E-state index contributed by atoms with van der Waals surface area (Å²) in [6, 6.07) is 16.6. The molecule has 2 aromatic carbocycles. The van der Waals surface area contributed by atoms with Gasteiger partial charge in [0.1, 0.15) is 5.76 Å². The smallest absolute Gasteiger partial charge is 0.228 e. The molecule has 2 aromatic heterocycles. The van der Waals surface area contributed by atoms with Crippen molar-refractivity contribution in [2.24, 2.45) is 0 Å². The molecular weight excluding hydrogens is 508 g/mol. The van der Waals surface area contributed by atoms with Gasteiger partial charge in [-0.15, -0.1) is 0 Å². The van der Waals surface area contributed by atoms with E-state index in [9.17, 15) is 0 Å². The first-order chi connectivity index (χ1) is 19.4. The molecule has 6 nitrogen and oxygen atoms in total. The zero-order valence-corrected chi connectivity index (χ0v) is 27.7. The van der Waals surface area contributed by atoms with Gasteiger partial charge in [-0.2, -0.15) is 0 Å². The summed E-state index contributed by atoms with van der Waals surface area (Å²) in [6.07, 6.45) is 0. The third-order valence-electron chi connectivity index (χ3n) is 5.72. The molecular formula is C35H60N4O2. The van der Waals surface area contributed by atoms with Crippen LogP contribution in [0.1, 0.15) is 108 Å². The lowest BCUT2D eigenvalue weighted by atomic mass is 10.1. The minimum Gasteiger partial charge on any atom is -0.363 e. The lowest BCUT2D eigenvalue weighted by molar-refractivity contribution is 0.398. The molecule has 4 rings (SSSR count). The van der Waals surface area contributed by atoms with Crippen LogP contribution in [0.5, 0.6) is 0 Å². The van der Waals surface area contributed by atoms with Crippen LogP contribution in [0.25, 0.3) is 0 Å². The van der Waals surface area contributed by atoms with Gasteiger partial charge >= 0.3 is 0 Å². The molecule has 0 radical (unpaired) electrons. The highest BCUT2D eigenvalue weighted by Gasteiger charge is 2.08. The Morgan fingerprint density at radius 3 is 1.37 bits per heavy atom. The summed E-state index contributed by atoms with van der Waals surface area (Å²) in [5, 5.41) is 14.4. The average molecular weight is 569 g/mol. The van der Waals surface area contributed by atoms with Crippen LogP contribution in [-0.4, -0.2) is 10.3 Å². The molecule has 41 heavy (non-hydrogen) atoms. The normalized spacial score (nSPS) is 8.73. The van der Waals surface area contributed by atoms with Gasteiger partial charge in [-0.1, -0.05) is 122 Å². The van der Waals surface area contributed by atoms with Crippen molar-refractivity contribution in [2.75, 3.05) is 10.6 Å². The summed E-state index contributed by atoms with van der Waals surface area (Å²) in [5.74, 6) is 2.47. The summed E-state index contributed by atoms with van der Waals surface area (Å²) in [5.41, 5.74) is 8.21. The van der Waals surface area contributed by atoms with Crippen molar-refractivity contribution < 1.29 is 9.05 Å². The maximum absolute atomic E-state index is 5.20. The highest BCUT2D eigenvalue weighted by Crippen LogP contribution is 2.19. The zero-order valence-electron chi connectivity index (χ0n) is 27.7. The monoisotopic (exact) mass is 568 g/mol. The summed E-state index contributed by atoms with van der Waals surface area (Å²) >= 11 is 0. The minimum absolute atomic E-state index is 0. The van der Waals surface area contributed by atoms with E-state index in [2.05, 4.69) is 59.1 Å². The molecule has 232 valence electrons. The van der Waals surface area contributed by atoms with Gasteiger partial charge in [0.25, 0.3) is 0 Å². The standard InChI is InChI=1S/2C13H16N2O.4C2H6.CH4/c1-9-6-4-5-7-12(9)8-14-13-10(2)11(3)16-15-13;1-9-6-4-5-7-12(9)8-14-13-10(2)11(3)15-16-13;4*1-2;/h4-7H,8H2,1-3H3,(H,14,15);4-7,14H,8H2,1-3H3;4*1-2H3;1H4. The maximum atomic E-state index is 5.20. The topological polar surface area (TPSA) is 76.1 Å². The fourth-order valence-corrected chi connectivity index (χ4v) is 3.13. The molecule has 0 atom stereocenters. The molecule has 0 aliphatic heterocycles. The second kappa shape index (κ2) is 25.4. The Labute approximate surface area is 252 Å². The Morgan fingerprint density at radius 2 is 1.00 bits per heavy atom. The van der Waals surface area contributed by atoms with E-state index in [1.807, 2.05) is 107 Å². The van der Waals surface area contributed by atoms with Crippen LogP contribution in [0.3, 0.4) is 0 Å². The molecule has 2 N–H and O–H groups in total. The van der Waals surface area contributed by atoms with Gasteiger partial charge in [-0.25, -0.2) is 0 Å². The summed E-state index contributed by atoms with van der Waals surface area (Å²) in [7, 11) is 0. The van der Waals surface area contributed by atoms with Crippen molar-refractivity contribution in [3.05, 3.63) is 93.4 Å². The van der Waals surface area contributed by atoms with E-state index in [-0.39, 0.29) is 7.43 Å². The van der Waals surface area contributed by atoms with Crippen molar-refractivity contribution in [1.82, 2.24) is 10.3 Å². The maximum Gasteiger partial charge on any atom is 0.228 e. The Balaban J connectivity index is -0.000000556. The quantitative estimate of drug-likeness (QED) is 0.241. The highest BCUT2D eigenvalue weighted by atomic mass is 16.5. The fraction of sp³-hybridized carbons (Fsp3) is 0.486. The molecule has 6 heteroatoms. The van der Waals surface area contributed by atoms with E-state index in [0.29, 0.717) is 0 Å². The molecule has 2 heterocycles. The number of aromatic nitrogens is 2. The number of rotatable bonds is 6. The Bertz CT molecular complexity index is 1070. The highest BCUT2D eigenvalue weighted by molar-refractivity contribution is 5.45. The van der Waals surface area contributed by atoms with Crippen LogP contribution < -0.4 is 10.6 Å². The Kier molecular flexibility index (Phi) is 26.0. The Hall–Kier alpha value is -3.54. The van der Waals surface area contributed by atoms with Crippen molar-refractivity contribution in [1.29, 1.82) is 0 Å². The van der Waals surface area contributed by atoms with Crippen molar-refractivity contribution in [3.63, 3.8) is 0 Å². The molecule has 0 spiro atoms. The zero-order chi connectivity index (χ0) is 31.1.